The first kappa shape index (κ1) is 37.0. The monoisotopic (exact) mass is 678 g/mol. The number of hydrogen-bond acceptors (Lipinski definition) is 9. The van der Waals surface area contributed by atoms with Gasteiger partial charge in [-0.05, 0) is 60.6 Å². The molecule has 11 nitrogen and oxygen atoms in total. The number of hydrogen-bond donors (Lipinski definition) is 4. The van der Waals surface area contributed by atoms with Crippen molar-refractivity contribution >= 4 is 34.7 Å². The van der Waals surface area contributed by atoms with E-state index in [9.17, 15) is 14.4 Å². The molecule has 0 saturated carbocycles. The number of benzene rings is 2. The summed E-state index contributed by atoms with van der Waals surface area (Å²) in [6, 6.07) is 14.7. The van der Waals surface area contributed by atoms with Crippen molar-refractivity contribution in [3.8, 4) is 10.4 Å². The second-order valence-electron chi connectivity index (χ2n) is 13.1. The van der Waals surface area contributed by atoms with Crippen LogP contribution in [0.4, 0.5) is 5.69 Å². The molecule has 0 spiro atoms. The molecule has 3 amide bonds. The van der Waals surface area contributed by atoms with Crippen LogP contribution in [-0.4, -0.2) is 85.8 Å². The minimum absolute atomic E-state index is 0.0396. The van der Waals surface area contributed by atoms with Gasteiger partial charge in [-0.3, -0.25) is 14.4 Å². The molecule has 1 aliphatic heterocycles. The first-order valence-electron chi connectivity index (χ1n) is 16.6. The highest BCUT2D eigenvalue weighted by atomic mass is 32.1. The van der Waals surface area contributed by atoms with Crippen LogP contribution < -0.4 is 21.7 Å². The highest BCUT2D eigenvalue weighted by molar-refractivity contribution is 7.13. The van der Waals surface area contributed by atoms with E-state index in [4.69, 9.17) is 15.2 Å². The maximum Gasteiger partial charge on any atom is 0.251 e. The number of nitrogens with two attached hydrogens (primary N) is 1. The van der Waals surface area contributed by atoms with Gasteiger partial charge in [0.25, 0.3) is 5.91 Å². The third-order valence-electron chi connectivity index (χ3n) is 8.30. The van der Waals surface area contributed by atoms with Crippen LogP contribution in [-0.2, 0) is 25.6 Å². The molecule has 260 valence electrons. The number of rotatable bonds is 17. The lowest BCUT2D eigenvalue weighted by Crippen LogP contribution is -2.56. The summed E-state index contributed by atoms with van der Waals surface area (Å²) in [5, 5.41) is 9.32. The van der Waals surface area contributed by atoms with Gasteiger partial charge in [0.1, 0.15) is 6.04 Å². The Balaban J connectivity index is 1.13. The molecule has 3 aromatic rings. The highest BCUT2D eigenvalue weighted by Crippen LogP contribution is 2.28. The van der Waals surface area contributed by atoms with Crippen LogP contribution in [0, 0.1) is 12.3 Å². The van der Waals surface area contributed by atoms with Crippen molar-refractivity contribution in [1.82, 2.24) is 25.8 Å². The largest absolute Gasteiger partial charge is 0.399 e. The Bertz CT molecular complexity index is 1470. The van der Waals surface area contributed by atoms with Crippen LogP contribution in [0.15, 0.2) is 54.0 Å². The van der Waals surface area contributed by atoms with Gasteiger partial charge < -0.3 is 36.1 Å². The van der Waals surface area contributed by atoms with E-state index in [1.807, 2.05) is 38.1 Å². The maximum absolute atomic E-state index is 13.8. The summed E-state index contributed by atoms with van der Waals surface area (Å²) in [6.07, 6.45) is 2.01. The van der Waals surface area contributed by atoms with Crippen molar-refractivity contribution in [2.45, 2.75) is 65.6 Å². The van der Waals surface area contributed by atoms with Crippen molar-refractivity contribution in [2.75, 3.05) is 51.8 Å². The van der Waals surface area contributed by atoms with Gasteiger partial charge >= 0.3 is 0 Å². The Morgan fingerprint density at radius 2 is 1.73 bits per heavy atom. The summed E-state index contributed by atoms with van der Waals surface area (Å²) in [5.41, 5.74) is 11.6. The summed E-state index contributed by atoms with van der Waals surface area (Å²) in [7, 11) is 0. The normalized spacial score (nSPS) is 15.3. The molecule has 0 radical (unpaired) electrons. The van der Waals surface area contributed by atoms with Gasteiger partial charge in [0.15, 0.2) is 0 Å². The van der Waals surface area contributed by atoms with E-state index in [1.165, 1.54) is 16.0 Å². The number of carbonyl (C=O) groups is 3. The standard InChI is InChI=1S/C36H50N6O5S/c1-25-32(48-24-40-25)27-9-7-26(8-10-27)22-38-23-30-6-5-17-42(30)35(45)33(36(2,3)4)41-31(43)15-18-46-20-21-47-19-16-39-34(44)28-11-13-29(37)14-12-28/h7-14,24,30,33,38H,5-6,15-23,37H2,1-4H3,(H,39,44)(H,41,43)/t30-,33+/m0/s1. The van der Waals surface area contributed by atoms with E-state index in [0.717, 1.165) is 18.5 Å². The zero-order valence-electron chi connectivity index (χ0n) is 28.6. The van der Waals surface area contributed by atoms with Crippen molar-refractivity contribution in [2.24, 2.45) is 5.41 Å². The second-order valence-corrected chi connectivity index (χ2v) is 14.0. The quantitative estimate of drug-likeness (QED) is 0.123. The molecule has 1 saturated heterocycles. The fourth-order valence-electron chi connectivity index (χ4n) is 5.58. The average molecular weight is 679 g/mol. The molecule has 48 heavy (non-hydrogen) atoms. The third kappa shape index (κ3) is 11.1. The number of nitrogens with zero attached hydrogens (tertiary/aromatic N) is 2. The number of ether oxygens (including phenoxy) is 2. The number of thiazole rings is 1. The van der Waals surface area contributed by atoms with E-state index in [2.05, 4.69) is 45.2 Å². The van der Waals surface area contributed by atoms with Crippen molar-refractivity contribution in [3.63, 3.8) is 0 Å². The lowest BCUT2D eigenvalue weighted by atomic mass is 9.85. The number of nitrogens with one attached hydrogen (secondary N) is 3. The fraction of sp³-hybridized carbons (Fsp3) is 0.500. The Labute approximate surface area is 288 Å². The molecule has 1 aliphatic rings. The Kier molecular flexibility index (Phi) is 13.9. The van der Waals surface area contributed by atoms with Crippen molar-refractivity contribution in [1.29, 1.82) is 0 Å². The predicted molar refractivity (Wildman–Crippen MR) is 190 cm³/mol. The van der Waals surface area contributed by atoms with Crippen LogP contribution in [0.25, 0.3) is 10.4 Å². The topological polar surface area (TPSA) is 148 Å². The molecule has 0 bridgehead atoms. The summed E-state index contributed by atoms with van der Waals surface area (Å²) >= 11 is 1.65. The molecular formula is C36H50N6O5S. The minimum Gasteiger partial charge on any atom is -0.399 e. The molecule has 1 aromatic heterocycles. The van der Waals surface area contributed by atoms with E-state index in [0.29, 0.717) is 57.3 Å². The Morgan fingerprint density at radius 3 is 2.40 bits per heavy atom. The number of anilines is 1. The summed E-state index contributed by atoms with van der Waals surface area (Å²) in [5.74, 6) is -0.451. The van der Waals surface area contributed by atoms with Gasteiger partial charge in [-0.15, -0.1) is 11.3 Å². The molecule has 0 aliphatic carbocycles. The Morgan fingerprint density at radius 1 is 1.02 bits per heavy atom. The van der Waals surface area contributed by atoms with Gasteiger partial charge in [-0.25, -0.2) is 4.98 Å². The van der Waals surface area contributed by atoms with Gasteiger partial charge in [-0.2, -0.15) is 0 Å². The number of likely N-dealkylation sites (tertiary alicyclic amines) is 1. The molecule has 2 heterocycles. The number of carbonyl (C=O) groups excluding carboxylic acids is 3. The highest BCUT2D eigenvalue weighted by Gasteiger charge is 2.39. The lowest BCUT2D eigenvalue weighted by molar-refractivity contribution is -0.140. The minimum atomic E-state index is -0.639. The molecule has 0 unspecified atom stereocenters. The molecule has 4 rings (SSSR count). The number of nitrogen functional groups attached to an aromatic ring is 1. The van der Waals surface area contributed by atoms with Crippen molar-refractivity contribution in [3.05, 3.63) is 70.9 Å². The molecule has 12 heteroatoms. The van der Waals surface area contributed by atoms with E-state index in [1.54, 1.807) is 35.6 Å². The van der Waals surface area contributed by atoms with Crippen LogP contribution in [0.1, 0.15) is 61.6 Å². The van der Waals surface area contributed by atoms with Gasteiger partial charge in [0, 0.05) is 49.9 Å². The first-order valence-corrected chi connectivity index (χ1v) is 17.5. The molecule has 1 fully saturated rings. The zero-order chi connectivity index (χ0) is 34.5. The second kappa shape index (κ2) is 18.1. The number of amides is 3. The predicted octanol–water partition coefficient (Wildman–Crippen LogP) is 4.17. The Hall–Kier alpha value is -3.84. The first-order chi connectivity index (χ1) is 23.0. The van der Waals surface area contributed by atoms with Crippen LogP contribution in [0.2, 0.25) is 0 Å². The van der Waals surface area contributed by atoms with Gasteiger partial charge in [0.05, 0.1) is 42.5 Å². The molecule has 2 aromatic carbocycles. The van der Waals surface area contributed by atoms with E-state index < -0.39 is 11.5 Å². The van der Waals surface area contributed by atoms with E-state index >= 15 is 0 Å². The zero-order valence-corrected chi connectivity index (χ0v) is 29.4. The fourth-order valence-corrected chi connectivity index (χ4v) is 6.39. The molecule has 2 atom stereocenters. The smallest absolute Gasteiger partial charge is 0.251 e. The van der Waals surface area contributed by atoms with Crippen LogP contribution >= 0.6 is 11.3 Å². The third-order valence-corrected chi connectivity index (χ3v) is 9.28. The summed E-state index contributed by atoms with van der Waals surface area (Å²) in [4.78, 5) is 46.2. The van der Waals surface area contributed by atoms with Crippen LogP contribution in [0.5, 0.6) is 0 Å². The lowest BCUT2D eigenvalue weighted by Gasteiger charge is -2.36. The number of aromatic nitrogens is 1. The molecular weight excluding hydrogens is 628 g/mol. The van der Waals surface area contributed by atoms with Gasteiger partial charge in [-0.1, -0.05) is 45.0 Å². The summed E-state index contributed by atoms with van der Waals surface area (Å²) < 4.78 is 11.1. The van der Waals surface area contributed by atoms with Crippen LogP contribution in [0.3, 0.4) is 0 Å². The maximum atomic E-state index is 13.8. The number of aryl methyl sites for hydroxylation is 1. The molecule has 5 N–H and O–H groups in total. The van der Waals surface area contributed by atoms with E-state index in [-0.39, 0.29) is 36.8 Å². The van der Waals surface area contributed by atoms with Crippen molar-refractivity contribution < 1.29 is 23.9 Å². The average Bonchev–Trinajstić information content (AvgIpc) is 3.71. The summed E-state index contributed by atoms with van der Waals surface area (Å²) in [6.45, 7) is 11.6. The SMILES string of the molecule is Cc1ncsc1-c1ccc(CNC[C@@H]2CCCN2C(=O)[C@@H](NC(=O)CCOCCOCCNC(=O)c2ccc(N)cc2)C(C)(C)C)cc1. The van der Waals surface area contributed by atoms with Gasteiger partial charge in [0.2, 0.25) is 11.8 Å².